The first-order valence-electron chi connectivity index (χ1n) is 7.07. The van der Waals surface area contributed by atoms with Crippen LogP contribution < -0.4 is 5.32 Å². The Morgan fingerprint density at radius 1 is 1.33 bits per heavy atom. The van der Waals surface area contributed by atoms with E-state index in [1.54, 1.807) is 25.1 Å². The highest BCUT2D eigenvalue weighted by Gasteiger charge is 2.23. The van der Waals surface area contributed by atoms with E-state index < -0.39 is 11.8 Å². The minimum atomic E-state index is -0.732. The topological polar surface area (TPSA) is 68.3 Å². The van der Waals surface area contributed by atoms with Crippen molar-refractivity contribution in [3.8, 4) is 0 Å². The largest absolute Gasteiger partial charge is 0.462 e. The smallest absolute Gasteiger partial charge is 0.343 e. The summed E-state index contributed by atoms with van der Waals surface area (Å²) >= 11 is 9.30. The third-order valence-electron chi connectivity index (χ3n) is 2.95. The molecule has 1 aromatic carbocycles. The van der Waals surface area contributed by atoms with Gasteiger partial charge in [0.2, 0.25) is 5.78 Å². The maximum atomic E-state index is 12.6. The van der Waals surface area contributed by atoms with Crippen LogP contribution in [0.4, 0.5) is 5.69 Å². The Labute approximate surface area is 152 Å². The predicted octanol–water partition coefficient (Wildman–Crippen LogP) is 4.24. The Hall–Kier alpha value is -2.18. The molecule has 2 aromatic rings. The average molecular weight is 410 g/mol. The maximum Gasteiger partial charge on any atom is 0.343 e. The molecule has 0 atom stereocenters. The van der Waals surface area contributed by atoms with E-state index in [1.165, 1.54) is 18.5 Å². The molecular formula is C17H14BrClN2O3. The predicted molar refractivity (Wildman–Crippen MR) is 96.1 cm³/mol. The first-order chi connectivity index (χ1) is 11.5. The number of nitrogens with one attached hydrogen (secondary N) is 1. The second kappa shape index (κ2) is 8.61. The lowest BCUT2D eigenvalue weighted by atomic mass is 10.1. The molecule has 0 aliphatic carbocycles. The van der Waals surface area contributed by atoms with Gasteiger partial charge < -0.3 is 10.1 Å². The summed E-state index contributed by atoms with van der Waals surface area (Å²) in [6.45, 7) is 1.82. The molecule has 0 spiro atoms. The van der Waals surface area contributed by atoms with Crippen molar-refractivity contribution in [1.29, 1.82) is 0 Å². The highest BCUT2D eigenvalue weighted by molar-refractivity contribution is 9.10. The lowest BCUT2D eigenvalue weighted by Gasteiger charge is -2.08. The molecule has 24 heavy (non-hydrogen) atoms. The van der Waals surface area contributed by atoms with Crippen LogP contribution in [0.2, 0.25) is 5.15 Å². The number of anilines is 1. The van der Waals surface area contributed by atoms with Gasteiger partial charge in [0.1, 0.15) is 10.7 Å². The Kier molecular flexibility index (Phi) is 6.52. The maximum absolute atomic E-state index is 12.6. The Morgan fingerprint density at radius 3 is 2.79 bits per heavy atom. The van der Waals surface area contributed by atoms with Crippen LogP contribution in [0.3, 0.4) is 0 Å². The lowest BCUT2D eigenvalue weighted by molar-refractivity contribution is -0.138. The van der Waals surface area contributed by atoms with Gasteiger partial charge >= 0.3 is 5.97 Å². The highest BCUT2D eigenvalue weighted by Crippen LogP contribution is 2.19. The van der Waals surface area contributed by atoms with Crippen molar-refractivity contribution in [2.45, 2.75) is 6.92 Å². The average Bonchev–Trinajstić information content (AvgIpc) is 2.55. The number of pyridine rings is 1. The Bertz CT molecular complexity index is 793. The molecule has 0 bridgehead atoms. The zero-order valence-electron chi connectivity index (χ0n) is 12.8. The normalized spacial score (nSPS) is 11.0. The van der Waals surface area contributed by atoms with Crippen LogP contribution in [0.1, 0.15) is 17.3 Å². The van der Waals surface area contributed by atoms with Gasteiger partial charge in [0.05, 0.1) is 12.2 Å². The van der Waals surface area contributed by atoms with Crippen LogP contribution in [0.15, 0.2) is 58.8 Å². The second-order valence-electron chi connectivity index (χ2n) is 4.60. The summed E-state index contributed by atoms with van der Waals surface area (Å²) in [4.78, 5) is 28.6. The van der Waals surface area contributed by atoms with Gasteiger partial charge in [-0.2, -0.15) is 0 Å². The Morgan fingerprint density at radius 2 is 2.12 bits per heavy atom. The fraction of sp³-hybridized carbons (Fsp3) is 0.118. The second-order valence-corrected chi connectivity index (χ2v) is 5.88. The molecular weight excluding hydrogens is 396 g/mol. The summed E-state index contributed by atoms with van der Waals surface area (Å²) in [5, 5.41) is 2.95. The minimum Gasteiger partial charge on any atom is -0.462 e. The van der Waals surface area contributed by atoms with E-state index in [2.05, 4.69) is 26.2 Å². The van der Waals surface area contributed by atoms with E-state index in [0.717, 1.165) is 4.47 Å². The number of halogens is 2. The number of Topliss-reactive ketones (excluding diaryl/α,β-unsaturated/α-hetero) is 1. The van der Waals surface area contributed by atoms with Crippen molar-refractivity contribution in [3.63, 3.8) is 0 Å². The lowest BCUT2D eigenvalue weighted by Crippen LogP contribution is -2.18. The number of hydrogen-bond acceptors (Lipinski definition) is 5. The van der Waals surface area contributed by atoms with Gasteiger partial charge in [-0.15, -0.1) is 0 Å². The first-order valence-corrected chi connectivity index (χ1v) is 8.24. The van der Waals surface area contributed by atoms with Crippen molar-refractivity contribution in [1.82, 2.24) is 4.98 Å². The SMILES string of the molecule is CCOC(=O)/C(=C\Nc1cccc(Br)c1)C(=O)c1cccnc1Cl. The van der Waals surface area contributed by atoms with E-state index in [0.29, 0.717) is 5.69 Å². The van der Waals surface area contributed by atoms with Crippen molar-refractivity contribution in [2.75, 3.05) is 11.9 Å². The molecule has 1 aromatic heterocycles. The molecule has 0 radical (unpaired) electrons. The van der Waals surface area contributed by atoms with Gasteiger partial charge in [-0.05, 0) is 37.3 Å². The van der Waals surface area contributed by atoms with E-state index in [4.69, 9.17) is 16.3 Å². The fourth-order valence-corrected chi connectivity index (χ4v) is 2.46. The summed E-state index contributed by atoms with van der Waals surface area (Å²) in [5.74, 6) is -1.29. The van der Waals surface area contributed by atoms with Gasteiger partial charge in [-0.25, -0.2) is 9.78 Å². The molecule has 0 amide bonds. The number of nitrogens with zero attached hydrogens (tertiary/aromatic N) is 1. The van der Waals surface area contributed by atoms with E-state index in [1.807, 2.05) is 12.1 Å². The van der Waals surface area contributed by atoms with Crippen LogP contribution in [0, 0.1) is 0 Å². The molecule has 0 aliphatic heterocycles. The summed E-state index contributed by atoms with van der Waals surface area (Å²) in [6.07, 6.45) is 2.78. The molecule has 0 unspecified atom stereocenters. The third kappa shape index (κ3) is 4.66. The van der Waals surface area contributed by atoms with Gasteiger partial charge in [-0.3, -0.25) is 4.79 Å². The van der Waals surface area contributed by atoms with Crippen LogP contribution >= 0.6 is 27.5 Å². The number of rotatable bonds is 6. The fourth-order valence-electron chi connectivity index (χ4n) is 1.86. The number of ether oxygens (including phenoxy) is 1. The quantitative estimate of drug-likeness (QED) is 0.193. The number of esters is 1. The van der Waals surface area contributed by atoms with Crippen LogP contribution in [-0.2, 0) is 9.53 Å². The van der Waals surface area contributed by atoms with Crippen LogP contribution in [0.5, 0.6) is 0 Å². The van der Waals surface area contributed by atoms with Gasteiger partial charge in [0, 0.05) is 22.6 Å². The molecule has 0 aliphatic rings. The monoisotopic (exact) mass is 408 g/mol. The number of benzene rings is 1. The summed E-state index contributed by atoms with van der Waals surface area (Å²) in [6, 6.07) is 10.4. The Balaban J connectivity index is 2.34. The summed E-state index contributed by atoms with van der Waals surface area (Å²) < 4.78 is 5.82. The van der Waals surface area contributed by atoms with Crippen LogP contribution in [-0.4, -0.2) is 23.3 Å². The molecule has 124 valence electrons. The van der Waals surface area contributed by atoms with Crippen molar-refractivity contribution in [2.24, 2.45) is 0 Å². The molecule has 5 nitrogen and oxygen atoms in total. The zero-order valence-corrected chi connectivity index (χ0v) is 15.1. The van der Waals surface area contributed by atoms with Gasteiger partial charge in [0.15, 0.2) is 0 Å². The minimum absolute atomic E-state index is 0.0279. The van der Waals surface area contributed by atoms with E-state index in [9.17, 15) is 9.59 Å². The zero-order chi connectivity index (χ0) is 17.5. The van der Waals surface area contributed by atoms with Gasteiger partial charge in [0.25, 0.3) is 0 Å². The number of carbonyl (C=O) groups is 2. The van der Waals surface area contributed by atoms with Crippen LogP contribution in [0.25, 0.3) is 0 Å². The van der Waals surface area contributed by atoms with Crippen molar-refractivity contribution < 1.29 is 14.3 Å². The number of ketones is 1. The number of carbonyl (C=O) groups excluding carboxylic acids is 2. The molecule has 0 saturated carbocycles. The molecule has 0 saturated heterocycles. The molecule has 1 N–H and O–H groups in total. The summed E-state index contributed by atoms with van der Waals surface area (Å²) in [7, 11) is 0. The highest BCUT2D eigenvalue weighted by atomic mass is 79.9. The van der Waals surface area contributed by atoms with Gasteiger partial charge in [-0.1, -0.05) is 33.6 Å². The number of aromatic nitrogens is 1. The molecule has 1 heterocycles. The van der Waals surface area contributed by atoms with Crippen molar-refractivity contribution in [3.05, 3.63) is 69.6 Å². The third-order valence-corrected chi connectivity index (χ3v) is 3.75. The van der Waals surface area contributed by atoms with E-state index >= 15 is 0 Å². The number of hydrogen-bond donors (Lipinski definition) is 1. The molecule has 2 rings (SSSR count). The molecule has 0 fully saturated rings. The first kappa shape index (κ1) is 18.2. The van der Waals surface area contributed by atoms with Crippen molar-refractivity contribution >= 4 is 45.0 Å². The molecule has 7 heteroatoms. The standard InChI is InChI=1S/C17H14BrClN2O3/c1-2-24-17(23)14(10-21-12-6-3-5-11(18)9-12)15(22)13-7-4-8-20-16(13)19/h3-10,21H,2H2,1H3/b14-10-. The summed E-state index contributed by atoms with van der Waals surface area (Å²) in [5.41, 5.74) is 0.678. The van der Waals surface area contributed by atoms with E-state index in [-0.39, 0.29) is 22.9 Å².